The summed E-state index contributed by atoms with van der Waals surface area (Å²) in [5.41, 5.74) is -3.62. The molecule has 4 aliphatic rings. The van der Waals surface area contributed by atoms with Gasteiger partial charge < -0.3 is 9.26 Å². The Balaban J connectivity index is 1.68. The summed E-state index contributed by atoms with van der Waals surface area (Å²) in [6.45, 7) is 3.99. The molecule has 2 N–H and O–H groups in total. The second kappa shape index (κ2) is 5.67. The fourth-order valence-electron chi connectivity index (χ4n) is 6.64. The number of rotatable bonds is 1. The molecule has 4 aliphatic heterocycles. The largest absolute Gasteiger partial charge is 0.363 e. The summed E-state index contributed by atoms with van der Waals surface area (Å²) in [7, 11) is 0. The number of imide groups is 2. The number of urea groups is 1. The van der Waals surface area contributed by atoms with Gasteiger partial charge >= 0.3 is 6.03 Å². The Kier molecular flexibility index (Phi) is 3.49. The van der Waals surface area contributed by atoms with Crippen LogP contribution in [0.2, 0.25) is 0 Å². The summed E-state index contributed by atoms with van der Waals surface area (Å²) < 4.78 is 53.6. The summed E-state index contributed by atoms with van der Waals surface area (Å²) in [5.74, 6) is -2.44. The minimum atomic E-state index is -3.00. The van der Waals surface area contributed by atoms with Gasteiger partial charge in [-0.2, -0.15) is 4.39 Å². The van der Waals surface area contributed by atoms with Crippen molar-refractivity contribution in [2.75, 3.05) is 13.1 Å². The van der Waals surface area contributed by atoms with E-state index in [4.69, 9.17) is 9.26 Å². The standard InChI is InChI=1S/C20H17F3N4O5/c1-7-5-27-6-20(27,8(2)31-7)19(16(28)24-18(30)25-17(19)29)4-9-3-10-12(15(22)23)26-32-14(10)11(21)13(9)27/h3,7-8,15H,4-6H2,1-2H3,(H-,24,25,28,29,30)/p+1. The number of benzene rings is 1. The first-order valence-electron chi connectivity index (χ1n) is 10.2. The molecule has 2 aromatic rings. The third kappa shape index (κ3) is 1.90. The number of carbonyl (C=O) groups excluding carboxylic acids is 3. The van der Waals surface area contributed by atoms with Gasteiger partial charge in [0, 0.05) is 12.0 Å². The summed E-state index contributed by atoms with van der Waals surface area (Å²) >= 11 is 0. The molecule has 5 heterocycles. The molecule has 12 heteroatoms. The molecule has 1 aromatic carbocycles. The van der Waals surface area contributed by atoms with Crippen LogP contribution in [0, 0.1) is 11.2 Å². The van der Waals surface area contributed by atoms with Gasteiger partial charge in [-0.15, -0.1) is 0 Å². The van der Waals surface area contributed by atoms with Crippen LogP contribution in [0.4, 0.5) is 23.7 Å². The van der Waals surface area contributed by atoms with Crippen LogP contribution in [0.25, 0.3) is 11.0 Å². The number of carbonyl (C=O) groups is 3. The van der Waals surface area contributed by atoms with Crippen molar-refractivity contribution in [3.8, 4) is 0 Å². The monoisotopic (exact) mass is 451 g/mol. The Morgan fingerprint density at radius 2 is 1.91 bits per heavy atom. The van der Waals surface area contributed by atoms with Crippen molar-refractivity contribution in [2.24, 2.45) is 5.41 Å². The fraction of sp³-hybridized carbons (Fsp3) is 0.500. The quantitative estimate of drug-likeness (QED) is 0.388. The highest BCUT2D eigenvalue weighted by Gasteiger charge is 2.91. The number of alkyl halides is 2. The van der Waals surface area contributed by atoms with E-state index < -0.39 is 52.8 Å². The number of nitrogens with zero attached hydrogens (tertiary/aromatic N) is 2. The zero-order valence-electron chi connectivity index (χ0n) is 17.0. The lowest BCUT2D eigenvalue weighted by atomic mass is 9.63. The molecule has 6 rings (SSSR count). The van der Waals surface area contributed by atoms with E-state index in [1.54, 1.807) is 13.8 Å². The van der Waals surface area contributed by atoms with Crippen molar-refractivity contribution in [1.29, 1.82) is 0 Å². The van der Waals surface area contributed by atoms with E-state index in [9.17, 15) is 23.2 Å². The molecule has 1 aromatic heterocycles. The van der Waals surface area contributed by atoms with Gasteiger partial charge in [0.2, 0.25) is 16.9 Å². The SMILES string of the molecule is CC1C[N+]23CC2(C(C)O1)C1(Cc2cc4c(C(F)F)noc4c(F)c23)C(=O)NC(=O)NC1=O. The van der Waals surface area contributed by atoms with Crippen LogP contribution in [-0.4, -0.2) is 53.8 Å². The number of barbiturate groups is 1. The van der Waals surface area contributed by atoms with E-state index >= 15 is 4.39 Å². The molecular formula is C20H18F3N4O5+. The molecule has 4 amide bonds. The molecule has 0 aliphatic carbocycles. The number of quaternary nitrogens is 1. The topological polar surface area (TPSA) is 111 Å². The maximum atomic E-state index is 15.8. The first-order chi connectivity index (χ1) is 15.1. The van der Waals surface area contributed by atoms with Gasteiger partial charge in [-0.05, 0) is 19.9 Å². The first-order valence-corrected chi connectivity index (χ1v) is 10.2. The van der Waals surface area contributed by atoms with Crippen molar-refractivity contribution in [3.63, 3.8) is 0 Å². The maximum Gasteiger partial charge on any atom is 0.328 e. The minimum Gasteiger partial charge on any atom is -0.363 e. The third-order valence-electron chi connectivity index (χ3n) is 7.69. The van der Waals surface area contributed by atoms with Crippen LogP contribution >= 0.6 is 0 Å². The van der Waals surface area contributed by atoms with Gasteiger partial charge in [0.05, 0.1) is 5.39 Å². The Labute approximate surface area is 178 Å². The molecular weight excluding hydrogens is 433 g/mol. The zero-order chi connectivity index (χ0) is 22.8. The number of hydrogen-bond donors (Lipinski definition) is 2. The minimum absolute atomic E-state index is 0.0772. The Morgan fingerprint density at radius 1 is 1.22 bits per heavy atom. The number of ether oxygens (including phenoxy) is 1. The van der Waals surface area contributed by atoms with Gasteiger partial charge in [-0.1, -0.05) is 5.16 Å². The number of morpholine rings is 1. The zero-order valence-corrected chi connectivity index (χ0v) is 17.0. The van der Waals surface area contributed by atoms with E-state index in [2.05, 4.69) is 15.8 Å². The van der Waals surface area contributed by atoms with Crippen LogP contribution in [-0.2, 0) is 20.7 Å². The van der Waals surface area contributed by atoms with E-state index in [0.717, 1.165) is 0 Å². The number of aromatic nitrogens is 1. The lowest BCUT2D eigenvalue weighted by Crippen LogP contribution is -2.76. The van der Waals surface area contributed by atoms with Crippen LogP contribution in [0.3, 0.4) is 0 Å². The molecule has 3 fully saturated rings. The summed E-state index contributed by atoms with van der Waals surface area (Å²) in [4.78, 5) is 38.4. The molecule has 168 valence electrons. The fourth-order valence-corrected chi connectivity index (χ4v) is 6.64. The van der Waals surface area contributed by atoms with Crippen molar-refractivity contribution in [3.05, 3.63) is 23.1 Å². The number of halogens is 3. The summed E-state index contributed by atoms with van der Waals surface area (Å²) in [6, 6.07) is 0.384. The van der Waals surface area contributed by atoms with Gasteiger partial charge in [-0.3, -0.25) is 24.7 Å². The average molecular weight is 451 g/mol. The Bertz CT molecular complexity index is 1240. The molecule has 0 saturated carbocycles. The smallest absolute Gasteiger partial charge is 0.328 e. The summed E-state index contributed by atoms with van der Waals surface area (Å²) in [6.07, 6.45) is -4.25. The van der Waals surface area contributed by atoms with Gasteiger partial charge in [0.15, 0.2) is 16.8 Å². The second-order valence-corrected chi connectivity index (χ2v) is 9.08. The van der Waals surface area contributed by atoms with E-state index in [0.29, 0.717) is 0 Å². The maximum absolute atomic E-state index is 15.8. The van der Waals surface area contributed by atoms with Crippen molar-refractivity contribution in [1.82, 2.24) is 20.3 Å². The van der Waals surface area contributed by atoms with Gasteiger partial charge in [0.25, 0.3) is 18.2 Å². The number of fused-ring (bicyclic) bond motifs is 2. The molecule has 0 bridgehead atoms. The number of nitrogens with one attached hydrogen (secondary N) is 2. The van der Waals surface area contributed by atoms with E-state index in [1.165, 1.54) is 6.07 Å². The molecule has 32 heavy (non-hydrogen) atoms. The molecule has 3 saturated heterocycles. The highest BCUT2D eigenvalue weighted by Crippen LogP contribution is 2.68. The van der Waals surface area contributed by atoms with E-state index in [1.807, 2.05) is 0 Å². The third-order valence-corrected chi connectivity index (χ3v) is 7.69. The highest BCUT2D eigenvalue weighted by atomic mass is 19.3. The highest BCUT2D eigenvalue weighted by molar-refractivity contribution is 6.21. The van der Waals surface area contributed by atoms with Crippen LogP contribution in [0.15, 0.2) is 10.6 Å². The predicted molar refractivity (Wildman–Crippen MR) is 101 cm³/mol. The summed E-state index contributed by atoms with van der Waals surface area (Å²) in [5, 5.41) is 7.47. The van der Waals surface area contributed by atoms with Crippen molar-refractivity contribution < 1.29 is 36.8 Å². The lowest BCUT2D eigenvalue weighted by Gasteiger charge is -2.49. The Hall–Kier alpha value is -2.99. The molecule has 4 atom stereocenters. The van der Waals surface area contributed by atoms with Gasteiger partial charge in [0.1, 0.15) is 25.3 Å². The average Bonchev–Trinajstić information content (AvgIpc) is 3.21. The van der Waals surface area contributed by atoms with Crippen LogP contribution in [0.5, 0.6) is 0 Å². The second-order valence-electron chi connectivity index (χ2n) is 9.08. The van der Waals surface area contributed by atoms with Crippen LogP contribution in [0.1, 0.15) is 31.5 Å². The number of hydrogen-bond acceptors (Lipinski definition) is 6. The number of amides is 4. The van der Waals surface area contributed by atoms with Crippen LogP contribution < -0.4 is 15.1 Å². The molecule has 4 unspecified atom stereocenters. The molecule has 1 spiro atoms. The molecule has 9 nitrogen and oxygen atoms in total. The Morgan fingerprint density at radius 3 is 2.56 bits per heavy atom. The van der Waals surface area contributed by atoms with E-state index in [-0.39, 0.29) is 52.3 Å². The molecule has 0 radical (unpaired) electrons. The first kappa shape index (κ1) is 19.7. The van der Waals surface area contributed by atoms with Crippen molar-refractivity contribution >= 4 is 34.5 Å². The normalized spacial score (nSPS) is 34.8. The lowest BCUT2D eigenvalue weighted by molar-refractivity contribution is -0.160. The van der Waals surface area contributed by atoms with Gasteiger partial charge in [-0.25, -0.2) is 13.6 Å². The predicted octanol–water partition coefficient (Wildman–Crippen LogP) is 1.68. The van der Waals surface area contributed by atoms with Crippen molar-refractivity contribution in [2.45, 2.75) is 44.4 Å².